The van der Waals surface area contributed by atoms with Crippen LogP contribution in [0.3, 0.4) is 0 Å². The Morgan fingerprint density at radius 3 is 2.38 bits per heavy atom. The minimum absolute atomic E-state index is 0.180. The van der Waals surface area contributed by atoms with Crippen molar-refractivity contribution in [1.82, 2.24) is 20.1 Å². The molecule has 0 bridgehead atoms. The quantitative estimate of drug-likeness (QED) is 0.888. The Labute approximate surface area is 126 Å². The molecule has 2 rings (SSSR count). The Kier molecular flexibility index (Phi) is 4.96. The minimum Gasteiger partial charge on any atom is -0.497 e. The number of hydrogen-bond acceptors (Lipinski definition) is 4. The van der Waals surface area contributed by atoms with Crippen LogP contribution in [0.1, 0.15) is 43.1 Å². The Balaban J connectivity index is 2.30. The van der Waals surface area contributed by atoms with E-state index in [4.69, 9.17) is 4.74 Å². The van der Waals surface area contributed by atoms with E-state index >= 15 is 0 Å². The first kappa shape index (κ1) is 15.5. The molecule has 0 fully saturated rings. The molecule has 1 heterocycles. The van der Waals surface area contributed by atoms with E-state index in [2.05, 4.69) is 41.4 Å². The average molecular weight is 288 g/mol. The lowest BCUT2D eigenvalue weighted by Gasteiger charge is -2.26. The number of aryl methyl sites for hydroxylation is 2. The highest BCUT2D eigenvalue weighted by Gasteiger charge is 2.22. The lowest BCUT2D eigenvalue weighted by molar-refractivity contribution is 0.351. The number of aromatic nitrogens is 3. The van der Waals surface area contributed by atoms with Gasteiger partial charge in [-0.2, -0.15) is 5.10 Å². The lowest BCUT2D eigenvalue weighted by Crippen LogP contribution is -2.29. The van der Waals surface area contributed by atoms with E-state index in [0.717, 1.165) is 23.9 Å². The molecule has 1 aromatic carbocycles. The molecular formula is C16H24N4O. The van der Waals surface area contributed by atoms with Crippen molar-refractivity contribution < 1.29 is 4.74 Å². The predicted octanol–water partition coefficient (Wildman–Crippen LogP) is 2.82. The summed E-state index contributed by atoms with van der Waals surface area (Å²) in [6, 6.07) is 8.54. The highest BCUT2D eigenvalue weighted by molar-refractivity contribution is 5.29. The third kappa shape index (κ3) is 3.42. The van der Waals surface area contributed by atoms with Gasteiger partial charge in [-0.25, -0.2) is 9.67 Å². The molecule has 0 aliphatic heterocycles. The number of nitrogens with zero attached hydrogens (tertiary/aromatic N) is 3. The summed E-state index contributed by atoms with van der Waals surface area (Å²) in [5.41, 5.74) is 1.22. The van der Waals surface area contributed by atoms with Crippen LogP contribution in [0.25, 0.3) is 0 Å². The van der Waals surface area contributed by atoms with Gasteiger partial charge in [-0.05, 0) is 45.0 Å². The maximum Gasteiger partial charge on any atom is 0.147 e. The van der Waals surface area contributed by atoms with Crippen LogP contribution in [0.15, 0.2) is 24.3 Å². The molecule has 0 aliphatic carbocycles. The lowest BCUT2D eigenvalue weighted by atomic mass is 10.00. The molecule has 2 atom stereocenters. The van der Waals surface area contributed by atoms with Crippen molar-refractivity contribution in [3.8, 4) is 5.75 Å². The van der Waals surface area contributed by atoms with E-state index in [9.17, 15) is 0 Å². The van der Waals surface area contributed by atoms with Crippen molar-refractivity contribution >= 4 is 0 Å². The van der Waals surface area contributed by atoms with Crippen molar-refractivity contribution in [1.29, 1.82) is 0 Å². The summed E-state index contributed by atoms with van der Waals surface area (Å²) < 4.78 is 7.22. The maximum atomic E-state index is 5.23. The second-order valence-electron chi connectivity index (χ2n) is 5.20. The Morgan fingerprint density at radius 1 is 1.24 bits per heavy atom. The van der Waals surface area contributed by atoms with Crippen LogP contribution < -0.4 is 10.1 Å². The third-order valence-corrected chi connectivity index (χ3v) is 3.67. The summed E-state index contributed by atoms with van der Waals surface area (Å²) in [5, 5.41) is 8.06. The molecular weight excluding hydrogens is 264 g/mol. The van der Waals surface area contributed by atoms with Gasteiger partial charge >= 0.3 is 0 Å². The summed E-state index contributed by atoms with van der Waals surface area (Å²) in [6.07, 6.45) is 0. The summed E-state index contributed by atoms with van der Waals surface area (Å²) in [5.74, 6) is 2.62. The molecule has 0 aliphatic rings. The van der Waals surface area contributed by atoms with E-state index in [1.54, 1.807) is 7.11 Å². The van der Waals surface area contributed by atoms with Crippen molar-refractivity contribution in [3.05, 3.63) is 41.5 Å². The van der Waals surface area contributed by atoms with Crippen LogP contribution in [0.5, 0.6) is 5.75 Å². The van der Waals surface area contributed by atoms with Gasteiger partial charge in [0.05, 0.1) is 19.2 Å². The molecule has 0 amide bonds. The molecule has 0 radical (unpaired) electrons. The number of nitrogens with one attached hydrogen (secondary N) is 1. The topological polar surface area (TPSA) is 52.0 Å². The van der Waals surface area contributed by atoms with Gasteiger partial charge in [0, 0.05) is 0 Å². The van der Waals surface area contributed by atoms with Crippen LogP contribution in [0.2, 0.25) is 0 Å². The van der Waals surface area contributed by atoms with E-state index in [1.165, 1.54) is 5.56 Å². The van der Waals surface area contributed by atoms with Crippen molar-refractivity contribution in [2.45, 2.75) is 39.8 Å². The molecule has 21 heavy (non-hydrogen) atoms. The monoisotopic (exact) mass is 288 g/mol. The average Bonchev–Trinajstić information content (AvgIpc) is 2.83. The summed E-state index contributed by atoms with van der Waals surface area (Å²) in [7, 11) is 1.68. The van der Waals surface area contributed by atoms with Crippen molar-refractivity contribution in [3.63, 3.8) is 0 Å². The zero-order valence-electron chi connectivity index (χ0n) is 13.4. The summed E-state index contributed by atoms with van der Waals surface area (Å²) in [6.45, 7) is 9.09. The van der Waals surface area contributed by atoms with Crippen LogP contribution in [0.4, 0.5) is 0 Å². The van der Waals surface area contributed by atoms with Gasteiger partial charge in [0.2, 0.25) is 0 Å². The highest BCUT2D eigenvalue weighted by atomic mass is 16.5. The summed E-state index contributed by atoms with van der Waals surface area (Å²) >= 11 is 0. The zero-order chi connectivity index (χ0) is 15.4. The first-order valence-corrected chi connectivity index (χ1v) is 7.34. The zero-order valence-corrected chi connectivity index (χ0v) is 13.4. The number of hydrogen-bond donors (Lipinski definition) is 1. The van der Waals surface area contributed by atoms with Gasteiger partial charge in [-0.15, -0.1) is 0 Å². The molecule has 5 nitrogen and oxygen atoms in total. The number of likely N-dealkylation sites (N-methyl/N-ethyl adjacent to an activating group) is 1. The van der Waals surface area contributed by atoms with E-state index in [-0.39, 0.29) is 12.1 Å². The van der Waals surface area contributed by atoms with Crippen LogP contribution in [-0.2, 0) is 0 Å². The van der Waals surface area contributed by atoms with Crippen LogP contribution >= 0.6 is 0 Å². The van der Waals surface area contributed by atoms with E-state index in [1.807, 2.05) is 30.7 Å². The van der Waals surface area contributed by atoms with E-state index < -0.39 is 0 Å². The predicted molar refractivity (Wildman–Crippen MR) is 83.6 cm³/mol. The van der Waals surface area contributed by atoms with Gasteiger partial charge in [0.25, 0.3) is 0 Å². The van der Waals surface area contributed by atoms with Crippen LogP contribution in [0, 0.1) is 13.8 Å². The fraction of sp³-hybridized carbons (Fsp3) is 0.500. The minimum atomic E-state index is 0.180. The van der Waals surface area contributed by atoms with Gasteiger partial charge < -0.3 is 10.1 Å². The molecule has 114 valence electrons. The Hall–Kier alpha value is -1.88. The molecule has 1 N–H and O–H groups in total. The molecule has 0 spiro atoms. The fourth-order valence-electron chi connectivity index (χ4n) is 2.66. The third-order valence-electron chi connectivity index (χ3n) is 3.67. The van der Waals surface area contributed by atoms with Crippen LogP contribution in [-0.4, -0.2) is 28.4 Å². The number of rotatable bonds is 6. The number of ether oxygens (including phenoxy) is 1. The SMILES string of the molecule is CCNC(c1ccc(OC)cc1)C(C)n1nc(C)nc1C. The van der Waals surface area contributed by atoms with Gasteiger partial charge in [0.15, 0.2) is 0 Å². The second kappa shape index (κ2) is 6.72. The largest absolute Gasteiger partial charge is 0.497 e. The van der Waals surface area contributed by atoms with Crippen molar-refractivity contribution in [2.24, 2.45) is 0 Å². The van der Waals surface area contributed by atoms with Gasteiger partial charge in [0.1, 0.15) is 17.4 Å². The highest BCUT2D eigenvalue weighted by Crippen LogP contribution is 2.27. The Bertz CT molecular complexity index is 576. The first-order chi connectivity index (χ1) is 10.1. The molecule has 2 unspecified atom stereocenters. The first-order valence-electron chi connectivity index (χ1n) is 7.34. The van der Waals surface area contributed by atoms with E-state index in [0.29, 0.717) is 0 Å². The molecule has 0 saturated carbocycles. The second-order valence-corrected chi connectivity index (χ2v) is 5.20. The molecule has 1 aromatic heterocycles. The number of benzene rings is 1. The molecule has 5 heteroatoms. The molecule has 2 aromatic rings. The number of methoxy groups -OCH3 is 1. The fourth-order valence-corrected chi connectivity index (χ4v) is 2.66. The Morgan fingerprint density at radius 2 is 1.90 bits per heavy atom. The maximum absolute atomic E-state index is 5.23. The standard InChI is InChI=1S/C16H24N4O/c1-6-17-16(14-7-9-15(21-5)10-8-14)11(2)20-13(4)18-12(3)19-20/h7-11,16-17H,6H2,1-5H3. The molecule has 0 saturated heterocycles. The normalized spacial score (nSPS) is 14.0. The smallest absolute Gasteiger partial charge is 0.147 e. The van der Waals surface area contributed by atoms with Crippen molar-refractivity contribution in [2.75, 3.05) is 13.7 Å². The van der Waals surface area contributed by atoms with Gasteiger partial charge in [-0.3, -0.25) is 0 Å². The van der Waals surface area contributed by atoms with Gasteiger partial charge in [-0.1, -0.05) is 19.1 Å². The summed E-state index contributed by atoms with van der Waals surface area (Å²) in [4.78, 5) is 4.40.